The number of hydrogen-bond donors (Lipinski definition) is 1. The fourth-order valence-corrected chi connectivity index (χ4v) is 2.61. The maximum atomic E-state index is 9.00. The zero-order chi connectivity index (χ0) is 13.3. The van der Waals surface area contributed by atoms with Crippen LogP contribution in [0.2, 0.25) is 5.02 Å². The number of aryl methyl sites for hydroxylation is 2. The largest absolute Gasteiger partial charge is 0.396 e. The predicted octanol–water partition coefficient (Wildman–Crippen LogP) is 4.11. The van der Waals surface area contributed by atoms with E-state index in [0.717, 1.165) is 23.6 Å². The van der Waals surface area contributed by atoms with Crippen LogP contribution in [-0.2, 0) is 6.54 Å². The number of halogens is 1. The number of benzene rings is 1. The Morgan fingerprint density at radius 1 is 1.33 bits per heavy atom. The molecule has 0 saturated carbocycles. The van der Waals surface area contributed by atoms with E-state index in [4.69, 9.17) is 16.7 Å². The van der Waals surface area contributed by atoms with E-state index in [9.17, 15) is 0 Å². The Morgan fingerprint density at radius 3 is 2.67 bits per heavy atom. The van der Waals surface area contributed by atoms with Gasteiger partial charge in [0.2, 0.25) is 0 Å². The molecule has 0 amide bonds. The molecule has 0 unspecified atom stereocenters. The summed E-state index contributed by atoms with van der Waals surface area (Å²) in [6.07, 6.45) is 2.97. The van der Waals surface area contributed by atoms with Crippen molar-refractivity contribution in [3.05, 3.63) is 34.5 Å². The van der Waals surface area contributed by atoms with Crippen molar-refractivity contribution in [1.29, 1.82) is 0 Å². The lowest BCUT2D eigenvalue weighted by atomic mass is 10.0. The standard InChI is InChI=1S/C15H20ClNO/c1-10(2)13-9-17(7-4-8-18)15-11(3)14(16)6-5-12(13)15/h5-6,9-10,18H,4,7-8H2,1-3H3. The molecule has 1 N–H and O–H groups in total. The molecule has 0 saturated heterocycles. The summed E-state index contributed by atoms with van der Waals surface area (Å²) in [7, 11) is 0. The van der Waals surface area contributed by atoms with Crippen LogP contribution in [-0.4, -0.2) is 16.3 Å². The molecule has 2 aromatic rings. The molecule has 1 heterocycles. The Balaban J connectivity index is 2.65. The van der Waals surface area contributed by atoms with Crippen molar-refractivity contribution in [2.24, 2.45) is 0 Å². The summed E-state index contributed by atoms with van der Waals surface area (Å²) in [6.45, 7) is 7.52. The van der Waals surface area contributed by atoms with Gasteiger partial charge in [-0.1, -0.05) is 31.5 Å². The number of aliphatic hydroxyl groups is 1. The molecule has 98 valence electrons. The van der Waals surface area contributed by atoms with E-state index in [-0.39, 0.29) is 6.61 Å². The highest BCUT2D eigenvalue weighted by molar-refractivity contribution is 6.32. The van der Waals surface area contributed by atoms with E-state index >= 15 is 0 Å². The highest BCUT2D eigenvalue weighted by Gasteiger charge is 2.14. The zero-order valence-corrected chi connectivity index (χ0v) is 12.0. The van der Waals surface area contributed by atoms with E-state index in [0.29, 0.717) is 5.92 Å². The first-order valence-electron chi connectivity index (χ1n) is 6.45. The van der Waals surface area contributed by atoms with E-state index in [1.54, 1.807) is 0 Å². The van der Waals surface area contributed by atoms with Crippen molar-refractivity contribution in [1.82, 2.24) is 4.57 Å². The summed E-state index contributed by atoms with van der Waals surface area (Å²) in [5.74, 6) is 0.489. The Bertz CT molecular complexity index is 557. The van der Waals surface area contributed by atoms with E-state index < -0.39 is 0 Å². The Labute approximate surface area is 113 Å². The number of nitrogens with zero attached hydrogens (tertiary/aromatic N) is 1. The molecule has 0 aliphatic heterocycles. The third kappa shape index (κ3) is 2.27. The molecule has 2 nitrogen and oxygen atoms in total. The molecule has 0 aliphatic rings. The van der Waals surface area contributed by atoms with Crippen LogP contribution in [0.4, 0.5) is 0 Å². The SMILES string of the molecule is Cc1c(Cl)ccc2c(C(C)C)cn(CCCO)c12. The van der Waals surface area contributed by atoms with Crippen molar-refractivity contribution in [3.8, 4) is 0 Å². The van der Waals surface area contributed by atoms with Crippen molar-refractivity contribution < 1.29 is 5.11 Å². The Hall–Kier alpha value is -0.990. The van der Waals surface area contributed by atoms with Crippen molar-refractivity contribution in [2.45, 2.75) is 39.7 Å². The third-order valence-corrected chi connectivity index (χ3v) is 3.85. The maximum Gasteiger partial charge on any atom is 0.0527 e. The van der Waals surface area contributed by atoms with Gasteiger partial charge in [0, 0.05) is 29.8 Å². The highest BCUT2D eigenvalue weighted by Crippen LogP contribution is 2.32. The summed E-state index contributed by atoms with van der Waals surface area (Å²) in [4.78, 5) is 0. The molecule has 3 heteroatoms. The topological polar surface area (TPSA) is 25.2 Å². The zero-order valence-electron chi connectivity index (χ0n) is 11.2. The molecule has 0 atom stereocenters. The van der Waals surface area contributed by atoms with E-state index in [2.05, 4.69) is 37.6 Å². The van der Waals surface area contributed by atoms with Gasteiger partial charge in [0.1, 0.15) is 0 Å². The second-order valence-electron chi connectivity index (χ2n) is 5.08. The molecule has 18 heavy (non-hydrogen) atoms. The average molecular weight is 266 g/mol. The quantitative estimate of drug-likeness (QED) is 0.884. The fourth-order valence-electron chi connectivity index (χ4n) is 2.46. The van der Waals surface area contributed by atoms with Crippen LogP contribution in [0.25, 0.3) is 10.9 Å². The average Bonchev–Trinajstić information content (AvgIpc) is 2.71. The van der Waals surface area contributed by atoms with Crippen LogP contribution in [0.3, 0.4) is 0 Å². The van der Waals surface area contributed by atoms with Gasteiger partial charge in [-0.05, 0) is 36.5 Å². The van der Waals surface area contributed by atoms with Gasteiger partial charge in [-0.3, -0.25) is 0 Å². The first-order valence-corrected chi connectivity index (χ1v) is 6.82. The van der Waals surface area contributed by atoms with Crippen LogP contribution in [0.1, 0.15) is 37.3 Å². The number of fused-ring (bicyclic) bond motifs is 1. The normalized spacial score (nSPS) is 11.7. The predicted molar refractivity (Wildman–Crippen MR) is 77.5 cm³/mol. The van der Waals surface area contributed by atoms with Gasteiger partial charge in [0.15, 0.2) is 0 Å². The maximum absolute atomic E-state index is 9.00. The number of hydrogen-bond acceptors (Lipinski definition) is 1. The minimum Gasteiger partial charge on any atom is -0.396 e. The molecule has 1 aromatic carbocycles. The number of aromatic nitrogens is 1. The summed E-state index contributed by atoms with van der Waals surface area (Å²) >= 11 is 6.22. The van der Waals surface area contributed by atoms with Crippen molar-refractivity contribution >= 4 is 22.5 Å². The fraction of sp³-hybridized carbons (Fsp3) is 0.467. The monoisotopic (exact) mass is 265 g/mol. The molecular formula is C15H20ClNO. The van der Waals surface area contributed by atoms with Gasteiger partial charge in [0.05, 0.1) is 5.52 Å². The van der Waals surface area contributed by atoms with Crippen LogP contribution < -0.4 is 0 Å². The van der Waals surface area contributed by atoms with Gasteiger partial charge >= 0.3 is 0 Å². The molecule has 0 radical (unpaired) electrons. The second kappa shape index (κ2) is 5.33. The lowest BCUT2D eigenvalue weighted by molar-refractivity contribution is 0.280. The minimum atomic E-state index is 0.219. The first kappa shape index (κ1) is 13.4. The first-order chi connectivity index (χ1) is 8.56. The summed E-state index contributed by atoms with van der Waals surface area (Å²) in [5.41, 5.74) is 3.68. The van der Waals surface area contributed by atoms with Crippen molar-refractivity contribution in [3.63, 3.8) is 0 Å². The number of aliphatic hydroxyl groups excluding tert-OH is 1. The molecular weight excluding hydrogens is 246 g/mol. The summed E-state index contributed by atoms with van der Waals surface area (Å²) in [6, 6.07) is 4.08. The number of rotatable bonds is 4. The van der Waals surface area contributed by atoms with Gasteiger partial charge < -0.3 is 9.67 Å². The molecule has 0 bridgehead atoms. The van der Waals surface area contributed by atoms with Gasteiger partial charge in [-0.2, -0.15) is 0 Å². The Morgan fingerprint density at radius 2 is 2.06 bits per heavy atom. The van der Waals surface area contributed by atoms with Crippen LogP contribution in [0.5, 0.6) is 0 Å². The lowest BCUT2D eigenvalue weighted by Crippen LogP contribution is -1.99. The van der Waals surface area contributed by atoms with Crippen LogP contribution in [0, 0.1) is 6.92 Å². The van der Waals surface area contributed by atoms with Gasteiger partial charge in [0.25, 0.3) is 0 Å². The van der Waals surface area contributed by atoms with E-state index in [1.165, 1.54) is 16.5 Å². The van der Waals surface area contributed by atoms with Crippen LogP contribution in [0.15, 0.2) is 18.3 Å². The molecule has 0 aliphatic carbocycles. The third-order valence-electron chi connectivity index (χ3n) is 3.44. The molecule has 0 spiro atoms. The Kier molecular flexibility index (Phi) is 3.98. The van der Waals surface area contributed by atoms with Gasteiger partial charge in [-0.25, -0.2) is 0 Å². The molecule has 0 fully saturated rings. The van der Waals surface area contributed by atoms with Gasteiger partial charge in [-0.15, -0.1) is 0 Å². The molecule has 2 rings (SSSR count). The van der Waals surface area contributed by atoms with E-state index in [1.807, 2.05) is 6.07 Å². The lowest BCUT2D eigenvalue weighted by Gasteiger charge is -2.07. The second-order valence-corrected chi connectivity index (χ2v) is 5.49. The molecule has 1 aromatic heterocycles. The summed E-state index contributed by atoms with van der Waals surface area (Å²) in [5, 5.41) is 11.1. The highest BCUT2D eigenvalue weighted by atomic mass is 35.5. The summed E-state index contributed by atoms with van der Waals surface area (Å²) < 4.78 is 2.22. The smallest absolute Gasteiger partial charge is 0.0527 e. The van der Waals surface area contributed by atoms with Crippen LogP contribution >= 0.6 is 11.6 Å². The minimum absolute atomic E-state index is 0.219. The van der Waals surface area contributed by atoms with Crippen molar-refractivity contribution in [2.75, 3.05) is 6.61 Å².